The molecule has 0 spiro atoms. The molecule has 0 saturated heterocycles. The number of nitrogens with one attached hydrogen (secondary N) is 2. The van der Waals surface area contributed by atoms with Gasteiger partial charge in [0.05, 0.1) is 23.0 Å². The molecule has 2 aromatic rings. The van der Waals surface area contributed by atoms with Crippen molar-refractivity contribution < 1.29 is 13.2 Å². The highest BCUT2D eigenvalue weighted by atomic mass is 32.2. The molecule has 0 bridgehead atoms. The smallest absolute Gasteiger partial charge is 0.262 e. The van der Waals surface area contributed by atoms with E-state index in [4.69, 9.17) is 0 Å². The second-order valence-electron chi connectivity index (χ2n) is 6.43. The Bertz CT molecular complexity index is 921. The van der Waals surface area contributed by atoms with Crippen molar-refractivity contribution in [3.05, 3.63) is 42.0 Å². The van der Waals surface area contributed by atoms with Gasteiger partial charge in [-0.2, -0.15) is 0 Å². The van der Waals surface area contributed by atoms with Gasteiger partial charge in [0.1, 0.15) is 5.82 Å². The third kappa shape index (κ3) is 3.21. The maximum Gasteiger partial charge on any atom is 0.262 e. The molecular weight excluding hydrogens is 340 g/mol. The maximum atomic E-state index is 12.6. The van der Waals surface area contributed by atoms with Crippen molar-refractivity contribution in [1.29, 1.82) is 0 Å². The van der Waals surface area contributed by atoms with Crippen LogP contribution in [-0.4, -0.2) is 24.3 Å². The predicted molar refractivity (Wildman–Crippen MR) is 92.8 cm³/mol. The lowest BCUT2D eigenvalue weighted by atomic mass is 9.85. The zero-order chi connectivity index (χ0) is 17.4. The number of sulfonamides is 1. The number of hydrogen-bond acceptors (Lipinski definition) is 5. The van der Waals surface area contributed by atoms with Crippen LogP contribution < -0.4 is 10.0 Å². The van der Waals surface area contributed by atoms with E-state index in [2.05, 4.69) is 20.0 Å². The topological polar surface area (TPSA) is 101 Å². The molecule has 1 aromatic carbocycles. The molecule has 1 aliphatic heterocycles. The fourth-order valence-corrected chi connectivity index (χ4v) is 4.09. The molecule has 4 rings (SSSR count). The summed E-state index contributed by atoms with van der Waals surface area (Å²) < 4.78 is 27.7. The van der Waals surface area contributed by atoms with E-state index in [-0.39, 0.29) is 10.8 Å². The van der Waals surface area contributed by atoms with Crippen LogP contribution in [-0.2, 0) is 21.2 Å². The van der Waals surface area contributed by atoms with Crippen molar-refractivity contribution in [1.82, 2.24) is 9.97 Å². The zero-order valence-corrected chi connectivity index (χ0v) is 14.3. The number of amides is 1. The van der Waals surface area contributed by atoms with Crippen molar-refractivity contribution in [2.45, 2.75) is 42.9 Å². The maximum absolute atomic E-state index is 12.6. The molecular formula is C17H18N4O3S. The van der Waals surface area contributed by atoms with Crippen LogP contribution in [0.5, 0.6) is 0 Å². The summed E-state index contributed by atoms with van der Waals surface area (Å²) in [5.41, 5.74) is 1.83. The van der Waals surface area contributed by atoms with Crippen LogP contribution in [0.15, 0.2) is 35.5 Å². The number of aromatic nitrogens is 2. The highest BCUT2D eigenvalue weighted by Gasteiger charge is 2.23. The van der Waals surface area contributed by atoms with Crippen LogP contribution >= 0.6 is 0 Å². The standard InChI is InChI=1S/C17H18N4O3S/c22-16-7-4-12-8-14(5-6-15(12)20-16)25(23,24)21-13-9-18-17(19-10-13)11-2-1-3-11/h5-6,8-11,21H,1-4,7H2,(H,20,22). The molecule has 8 heteroatoms. The molecule has 0 atom stereocenters. The first-order valence-corrected chi connectivity index (χ1v) is 9.77. The number of anilines is 2. The summed E-state index contributed by atoms with van der Waals surface area (Å²) in [7, 11) is -3.73. The molecule has 7 nitrogen and oxygen atoms in total. The van der Waals surface area contributed by atoms with Crippen molar-refractivity contribution in [3.8, 4) is 0 Å². The highest BCUT2D eigenvalue weighted by Crippen LogP contribution is 2.34. The number of benzene rings is 1. The number of carbonyl (C=O) groups excluding carboxylic acids is 1. The largest absolute Gasteiger partial charge is 0.326 e. The first kappa shape index (κ1) is 16.0. The molecule has 1 fully saturated rings. The van der Waals surface area contributed by atoms with Gasteiger partial charge < -0.3 is 5.32 Å². The van der Waals surface area contributed by atoms with Crippen LogP contribution in [0, 0.1) is 0 Å². The van der Waals surface area contributed by atoms with E-state index in [0.717, 1.165) is 24.2 Å². The SMILES string of the molecule is O=C1CCc2cc(S(=O)(=O)Nc3cnc(C4CCC4)nc3)ccc2N1. The first-order valence-electron chi connectivity index (χ1n) is 8.29. The fraction of sp³-hybridized carbons (Fsp3) is 0.353. The Morgan fingerprint density at radius 2 is 1.88 bits per heavy atom. The summed E-state index contributed by atoms with van der Waals surface area (Å²) in [5.74, 6) is 1.13. The molecule has 2 aliphatic rings. The summed E-state index contributed by atoms with van der Waals surface area (Å²) in [6.07, 6.45) is 7.30. The number of nitrogens with zero attached hydrogens (tertiary/aromatic N) is 2. The number of aryl methyl sites for hydroxylation is 1. The Morgan fingerprint density at radius 3 is 2.56 bits per heavy atom. The van der Waals surface area contributed by atoms with Gasteiger partial charge in [-0.3, -0.25) is 9.52 Å². The van der Waals surface area contributed by atoms with Crippen LogP contribution in [0.25, 0.3) is 0 Å². The first-order chi connectivity index (χ1) is 12.0. The third-order valence-electron chi connectivity index (χ3n) is 4.68. The van der Waals surface area contributed by atoms with Gasteiger partial charge >= 0.3 is 0 Å². The van der Waals surface area contributed by atoms with E-state index < -0.39 is 10.0 Å². The molecule has 1 saturated carbocycles. The summed E-state index contributed by atoms with van der Waals surface area (Å²) in [6.45, 7) is 0. The van der Waals surface area contributed by atoms with Crippen LogP contribution in [0.1, 0.15) is 43.0 Å². The Balaban J connectivity index is 1.54. The number of fused-ring (bicyclic) bond motifs is 1. The van der Waals surface area contributed by atoms with Gasteiger partial charge in [0, 0.05) is 18.0 Å². The normalized spacial score (nSPS) is 17.4. The monoisotopic (exact) mass is 358 g/mol. The molecule has 25 heavy (non-hydrogen) atoms. The van der Waals surface area contributed by atoms with E-state index >= 15 is 0 Å². The van der Waals surface area contributed by atoms with E-state index in [1.807, 2.05) is 0 Å². The summed E-state index contributed by atoms with van der Waals surface area (Å²) in [6, 6.07) is 4.70. The minimum atomic E-state index is -3.73. The lowest BCUT2D eigenvalue weighted by Crippen LogP contribution is -2.20. The van der Waals surface area contributed by atoms with Crippen molar-refractivity contribution in [2.24, 2.45) is 0 Å². The molecule has 1 aliphatic carbocycles. The summed E-state index contributed by atoms with van der Waals surface area (Å²) in [4.78, 5) is 20.1. The van der Waals surface area contributed by atoms with Crippen molar-refractivity contribution >= 4 is 27.3 Å². The summed E-state index contributed by atoms with van der Waals surface area (Å²) >= 11 is 0. The average molecular weight is 358 g/mol. The van der Waals surface area contributed by atoms with Crippen molar-refractivity contribution in [3.63, 3.8) is 0 Å². The van der Waals surface area contributed by atoms with Gasteiger partial charge in [-0.25, -0.2) is 18.4 Å². The van der Waals surface area contributed by atoms with Gasteiger partial charge in [-0.05, 0) is 43.0 Å². The van der Waals surface area contributed by atoms with Gasteiger partial charge in [-0.15, -0.1) is 0 Å². The lowest BCUT2D eigenvalue weighted by Gasteiger charge is -2.23. The Labute approximate surface area is 145 Å². The average Bonchev–Trinajstić information content (AvgIpc) is 2.54. The summed E-state index contributed by atoms with van der Waals surface area (Å²) in [5, 5.41) is 2.74. The Hall–Kier alpha value is -2.48. The van der Waals surface area contributed by atoms with Gasteiger partial charge in [0.25, 0.3) is 10.0 Å². The number of carbonyl (C=O) groups is 1. The minimum absolute atomic E-state index is 0.0510. The molecule has 1 amide bonds. The number of rotatable bonds is 4. The Morgan fingerprint density at radius 1 is 1.12 bits per heavy atom. The Kier molecular flexibility index (Phi) is 3.91. The van der Waals surface area contributed by atoms with E-state index in [9.17, 15) is 13.2 Å². The van der Waals surface area contributed by atoms with Gasteiger partial charge in [0.2, 0.25) is 5.91 Å². The highest BCUT2D eigenvalue weighted by molar-refractivity contribution is 7.92. The molecule has 1 aromatic heterocycles. The third-order valence-corrected chi connectivity index (χ3v) is 6.06. The van der Waals surface area contributed by atoms with Crippen LogP contribution in [0.4, 0.5) is 11.4 Å². The number of hydrogen-bond donors (Lipinski definition) is 2. The van der Waals surface area contributed by atoms with Crippen LogP contribution in [0.2, 0.25) is 0 Å². The lowest BCUT2D eigenvalue weighted by molar-refractivity contribution is -0.116. The predicted octanol–water partition coefficient (Wildman–Crippen LogP) is 2.43. The molecule has 0 unspecified atom stereocenters. The van der Waals surface area contributed by atoms with E-state index in [0.29, 0.717) is 30.1 Å². The quantitative estimate of drug-likeness (QED) is 0.874. The van der Waals surface area contributed by atoms with Gasteiger partial charge in [0.15, 0.2) is 0 Å². The van der Waals surface area contributed by atoms with Crippen molar-refractivity contribution in [2.75, 3.05) is 10.0 Å². The van der Waals surface area contributed by atoms with Crippen LogP contribution in [0.3, 0.4) is 0 Å². The molecule has 2 heterocycles. The molecule has 130 valence electrons. The van der Waals surface area contributed by atoms with E-state index in [1.165, 1.54) is 24.9 Å². The van der Waals surface area contributed by atoms with Gasteiger partial charge in [-0.1, -0.05) is 6.42 Å². The second-order valence-corrected chi connectivity index (χ2v) is 8.11. The van der Waals surface area contributed by atoms with E-state index in [1.54, 1.807) is 12.1 Å². The second kappa shape index (κ2) is 6.11. The molecule has 2 N–H and O–H groups in total. The fourth-order valence-electron chi connectivity index (χ4n) is 3.01. The molecule has 0 radical (unpaired) electrons. The zero-order valence-electron chi connectivity index (χ0n) is 13.5. The minimum Gasteiger partial charge on any atom is -0.326 e.